The second kappa shape index (κ2) is 5.09. The first-order valence-electron chi connectivity index (χ1n) is 5.85. The van der Waals surface area contributed by atoms with Crippen LogP contribution >= 0.6 is 0 Å². The van der Waals surface area contributed by atoms with Crippen molar-refractivity contribution in [2.24, 2.45) is 5.92 Å². The van der Waals surface area contributed by atoms with Crippen LogP contribution in [0.5, 0.6) is 0 Å². The number of nitrogens with one attached hydrogen (secondary N) is 1. The molecule has 1 atom stereocenters. The van der Waals surface area contributed by atoms with Crippen LogP contribution in [0.1, 0.15) is 19.2 Å². The number of carbonyl (C=O) groups excluding carboxylic acids is 1. The molecule has 2 rings (SSSR count). The summed E-state index contributed by atoms with van der Waals surface area (Å²) in [6, 6.07) is 5.11. The summed E-state index contributed by atoms with van der Waals surface area (Å²) in [5, 5.41) is 11.4. The van der Waals surface area contributed by atoms with Gasteiger partial charge in [0.2, 0.25) is 5.91 Å². The zero-order chi connectivity index (χ0) is 14.0. The normalized spacial score (nSPS) is 12.3. The molecule has 0 saturated heterocycles. The third kappa shape index (κ3) is 3.09. The maximum Gasteiger partial charge on any atom is 0.306 e. The molecule has 6 nitrogen and oxygen atoms in total. The minimum atomic E-state index is -0.989. The number of hydrogen-bond acceptors (Lipinski definition) is 4. The number of fused-ring (bicyclic) bond motifs is 1. The molecule has 0 aliphatic carbocycles. The van der Waals surface area contributed by atoms with E-state index in [1.165, 1.54) is 6.92 Å². The van der Waals surface area contributed by atoms with Gasteiger partial charge in [-0.2, -0.15) is 0 Å². The number of aromatic nitrogens is 1. The Morgan fingerprint density at radius 3 is 2.89 bits per heavy atom. The Hall–Kier alpha value is -2.37. The van der Waals surface area contributed by atoms with E-state index < -0.39 is 11.9 Å². The van der Waals surface area contributed by atoms with Gasteiger partial charge >= 0.3 is 5.97 Å². The van der Waals surface area contributed by atoms with Crippen LogP contribution in [0.15, 0.2) is 22.6 Å². The Bertz CT molecular complexity index is 633. The van der Waals surface area contributed by atoms with Gasteiger partial charge in [0.15, 0.2) is 11.5 Å². The summed E-state index contributed by atoms with van der Waals surface area (Å²) in [4.78, 5) is 26.5. The lowest BCUT2D eigenvalue weighted by molar-refractivity contribution is -0.142. The number of benzene rings is 1. The highest BCUT2D eigenvalue weighted by Gasteiger charge is 2.16. The van der Waals surface area contributed by atoms with Gasteiger partial charge in [0.1, 0.15) is 5.52 Å². The molecule has 2 aromatic rings. The predicted molar refractivity (Wildman–Crippen MR) is 68.8 cm³/mol. The summed E-state index contributed by atoms with van der Waals surface area (Å²) in [5.41, 5.74) is 1.86. The summed E-state index contributed by atoms with van der Waals surface area (Å²) < 4.78 is 5.35. The van der Waals surface area contributed by atoms with Gasteiger partial charge in [-0.25, -0.2) is 4.98 Å². The first-order valence-corrected chi connectivity index (χ1v) is 5.85. The monoisotopic (exact) mass is 262 g/mol. The van der Waals surface area contributed by atoms with Crippen LogP contribution in [-0.4, -0.2) is 22.0 Å². The minimum absolute atomic E-state index is 0.0667. The van der Waals surface area contributed by atoms with E-state index in [0.29, 0.717) is 17.2 Å². The molecule has 1 aromatic heterocycles. The molecule has 100 valence electrons. The molecular weight excluding hydrogens is 248 g/mol. The van der Waals surface area contributed by atoms with E-state index in [1.807, 2.05) is 0 Å². The Labute approximate surface area is 109 Å². The summed E-state index contributed by atoms with van der Waals surface area (Å²) in [5.74, 6) is -1.49. The standard InChI is InChI=1S/C13H14N2O4/c1-7(13(17)18)5-12(16)15-9-3-4-10-11(6-9)19-8(2)14-10/h3-4,6-7H,5H2,1-2H3,(H,15,16)(H,17,18). The summed E-state index contributed by atoms with van der Waals surface area (Å²) in [7, 11) is 0. The average Bonchev–Trinajstić information content (AvgIpc) is 2.68. The van der Waals surface area contributed by atoms with Gasteiger partial charge in [-0.3, -0.25) is 9.59 Å². The van der Waals surface area contributed by atoms with Crippen molar-refractivity contribution in [2.45, 2.75) is 20.3 Å². The van der Waals surface area contributed by atoms with Crippen molar-refractivity contribution in [1.29, 1.82) is 0 Å². The molecule has 2 N–H and O–H groups in total. The number of nitrogens with zero attached hydrogens (tertiary/aromatic N) is 1. The lowest BCUT2D eigenvalue weighted by Gasteiger charge is -2.07. The zero-order valence-electron chi connectivity index (χ0n) is 10.6. The molecule has 0 fully saturated rings. The molecule has 0 bridgehead atoms. The van der Waals surface area contributed by atoms with Crippen LogP contribution in [0.3, 0.4) is 0 Å². The smallest absolute Gasteiger partial charge is 0.306 e. The van der Waals surface area contributed by atoms with E-state index in [-0.39, 0.29) is 12.3 Å². The number of aryl methyl sites for hydroxylation is 1. The highest BCUT2D eigenvalue weighted by Crippen LogP contribution is 2.20. The van der Waals surface area contributed by atoms with Crippen molar-refractivity contribution in [3.63, 3.8) is 0 Å². The fraction of sp³-hybridized carbons (Fsp3) is 0.308. The van der Waals surface area contributed by atoms with Crippen molar-refractivity contribution in [3.8, 4) is 0 Å². The maximum absolute atomic E-state index is 11.6. The number of amides is 1. The van der Waals surface area contributed by atoms with Gasteiger partial charge in [-0.1, -0.05) is 6.92 Å². The van der Waals surface area contributed by atoms with Crippen molar-refractivity contribution >= 4 is 28.7 Å². The number of oxazole rings is 1. The van der Waals surface area contributed by atoms with Crippen LogP contribution in [0.2, 0.25) is 0 Å². The van der Waals surface area contributed by atoms with Crippen LogP contribution in [0.4, 0.5) is 5.69 Å². The van der Waals surface area contributed by atoms with E-state index in [9.17, 15) is 9.59 Å². The number of hydrogen-bond donors (Lipinski definition) is 2. The third-order valence-corrected chi connectivity index (χ3v) is 2.69. The topological polar surface area (TPSA) is 92.4 Å². The first kappa shape index (κ1) is 13.1. The Morgan fingerprint density at radius 1 is 1.47 bits per heavy atom. The van der Waals surface area contributed by atoms with Crippen molar-refractivity contribution < 1.29 is 19.1 Å². The highest BCUT2D eigenvalue weighted by atomic mass is 16.4. The lowest BCUT2D eigenvalue weighted by Crippen LogP contribution is -2.19. The molecule has 0 aliphatic heterocycles. The Morgan fingerprint density at radius 2 is 2.21 bits per heavy atom. The number of carboxylic acid groups (broad SMARTS) is 1. The molecule has 0 saturated carbocycles. The molecule has 6 heteroatoms. The van der Waals surface area contributed by atoms with Crippen molar-refractivity contribution in [2.75, 3.05) is 5.32 Å². The third-order valence-electron chi connectivity index (χ3n) is 2.69. The number of carboxylic acids is 1. The molecule has 0 aliphatic rings. The Balaban J connectivity index is 2.08. The average molecular weight is 262 g/mol. The van der Waals surface area contributed by atoms with E-state index >= 15 is 0 Å². The summed E-state index contributed by atoms with van der Waals surface area (Å²) in [6.07, 6.45) is -0.0667. The van der Waals surface area contributed by atoms with Gasteiger partial charge in [-0.05, 0) is 12.1 Å². The largest absolute Gasteiger partial charge is 0.481 e. The van der Waals surface area contributed by atoms with Gasteiger partial charge in [0, 0.05) is 25.1 Å². The van der Waals surface area contributed by atoms with Crippen LogP contribution in [0.25, 0.3) is 11.1 Å². The second-order valence-corrected chi connectivity index (χ2v) is 4.41. The molecule has 1 unspecified atom stereocenters. The number of rotatable bonds is 4. The summed E-state index contributed by atoms with van der Waals surface area (Å²) >= 11 is 0. The predicted octanol–water partition coefficient (Wildman–Crippen LogP) is 2.19. The van der Waals surface area contributed by atoms with Crippen molar-refractivity contribution in [1.82, 2.24) is 4.98 Å². The van der Waals surface area contributed by atoms with Gasteiger partial charge in [0.05, 0.1) is 5.92 Å². The van der Waals surface area contributed by atoms with E-state index in [1.54, 1.807) is 25.1 Å². The van der Waals surface area contributed by atoms with Gasteiger partial charge in [-0.15, -0.1) is 0 Å². The molecule has 0 spiro atoms. The van der Waals surface area contributed by atoms with Crippen molar-refractivity contribution in [3.05, 3.63) is 24.1 Å². The second-order valence-electron chi connectivity index (χ2n) is 4.41. The highest BCUT2D eigenvalue weighted by molar-refractivity contribution is 5.94. The van der Waals surface area contributed by atoms with Crippen LogP contribution in [-0.2, 0) is 9.59 Å². The summed E-state index contributed by atoms with van der Waals surface area (Å²) in [6.45, 7) is 3.23. The van der Waals surface area contributed by atoms with Crippen LogP contribution < -0.4 is 5.32 Å². The number of aliphatic carboxylic acids is 1. The fourth-order valence-corrected chi connectivity index (χ4v) is 1.69. The number of anilines is 1. The fourth-order valence-electron chi connectivity index (χ4n) is 1.69. The zero-order valence-corrected chi connectivity index (χ0v) is 10.6. The molecule has 19 heavy (non-hydrogen) atoms. The lowest BCUT2D eigenvalue weighted by atomic mass is 10.1. The van der Waals surface area contributed by atoms with Gasteiger partial charge in [0.25, 0.3) is 0 Å². The van der Waals surface area contributed by atoms with E-state index in [4.69, 9.17) is 9.52 Å². The molecular formula is C13H14N2O4. The SMILES string of the molecule is Cc1nc2ccc(NC(=O)CC(C)C(=O)O)cc2o1. The Kier molecular flexibility index (Phi) is 3.50. The molecule has 1 heterocycles. The molecule has 1 aromatic carbocycles. The van der Waals surface area contributed by atoms with E-state index in [0.717, 1.165) is 5.52 Å². The quantitative estimate of drug-likeness (QED) is 0.881. The van der Waals surface area contributed by atoms with E-state index in [2.05, 4.69) is 10.3 Å². The van der Waals surface area contributed by atoms with Gasteiger partial charge < -0.3 is 14.8 Å². The first-order chi connectivity index (χ1) is 8.95. The maximum atomic E-state index is 11.6. The number of carbonyl (C=O) groups is 2. The molecule has 0 radical (unpaired) electrons. The minimum Gasteiger partial charge on any atom is -0.481 e. The van der Waals surface area contributed by atoms with Crippen LogP contribution in [0, 0.1) is 12.8 Å². The molecule has 1 amide bonds.